The van der Waals surface area contributed by atoms with E-state index in [1.807, 2.05) is 0 Å². The van der Waals surface area contributed by atoms with Crippen LogP contribution in [0.2, 0.25) is 0 Å². The van der Waals surface area contributed by atoms with Crippen LogP contribution in [0, 0.1) is 0 Å². The molecule has 0 bridgehead atoms. The number of anilines is 1. The maximum Gasteiger partial charge on any atom is 0.358 e. The van der Waals surface area contributed by atoms with E-state index >= 15 is 0 Å². The van der Waals surface area contributed by atoms with Crippen molar-refractivity contribution in [2.45, 2.75) is 25.7 Å². The van der Waals surface area contributed by atoms with E-state index in [2.05, 4.69) is 15.6 Å². The lowest BCUT2D eigenvalue weighted by molar-refractivity contribution is -0.114. The van der Waals surface area contributed by atoms with Crippen LogP contribution in [-0.4, -0.2) is 32.0 Å². The molecule has 0 radical (unpaired) electrons. The molecule has 21 heavy (non-hydrogen) atoms. The van der Waals surface area contributed by atoms with Gasteiger partial charge in [-0.1, -0.05) is 11.3 Å². The molecule has 108 valence electrons. The van der Waals surface area contributed by atoms with E-state index in [1.54, 1.807) is 28.9 Å². The Bertz CT molecular complexity index is 719. The van der Waals surface area contributed by atoms with Crippen molar-refractivity contribution < 1.29 is 14.7 Å². The van der Waals surface area contributed by atoms with Crippen molar-refractivity contribution in [3.63, 3.8) is 0 Å². The quantitative estimate of drug-likeness (QED) is 0.893. The monoisotopic (exact) mass is 286 g/mol. The summed E-state index contributed by atoms with van der Waals surface area (Å²) in [4.78, 5) is 22.4. The molecule has 1 aliphatic carbocycles. The maximum absolute atomic E-state index is 11.2. The van der Waals surface area contributed by atoms with Crippen LogP contribution >= 0.6 is 0 Å². The van der Waals surface area contributed by atoms with Gasteiger partial charge in [0.25, 0.3) is 0 Å². The number of benzene rings is 1. The molecule has 3 rings (SSSR count). The summed E-state index contributed by atoms with van der Waals surface area (Å²) in [5, 5.41) is 19.6. The predicted molar refractivity (Wildman–Crippen MR) is 74.6 cm³/mol. The number of carbonyl (C=O) groups is 2. The Morgan fingerprint density at radius 2 is 2.14 bits per heavy atom. The summed E-state index contributed by atoms with van der Waals surface area (Å²) in [6.07, 6.45) is 1.89. The van der Waals surface area contributed by atoms with Gasteiger partial charge in [-0.25, -0.2) is 9.48 Å². The topological polar surface area (TPSA) is 97.1 Å². The Kier molecular flexibility index (Phi) is 3.17. The van der Waals surface area contributed by atoms with Gasteiger partial charge in [0.15, 0.2) is 5.69 Å². The number of carboxylic acids is 1. The first kappa shape index (κ1) is 13.3. The molecular weight excluding hydrogens is 272 g/mol. The highest BCUT2D eigenvalue weighted by atomic mass is 16.4. The number of nitrogens with one attached hydrogen (secondary N) is 1. The summed E-state index contributed by atoms with van der Waals surface area (Å²) >= 11 is 0. The molecule has 0 aliphatic heterocycles. The minimum absolute atomic E-state index is 0.00225. The van der Waals surface area contributed by atoms with Crippen LogP contribution in [0.25, 0.3) is 5.69 Å². The van der Waals surface area contributed by atoms with Crippen LogP contribution < -0.4 is 5.32 Å². The third kappa shape index (κ3) is 2.62. The van der Waals surface area contributed by atoms with E-state index in [0.717, 1.165) is 12.8 Å². The number of aromatic nitrogens is 3. The molecule has 2 aromatic rings. The molecular formula is C14H14N4O3. The number of nitrogens with zero attached hydrogens (tertiary/aromatic N) is 3. The fourth-order valence-electron chi connectivity index (χ4n) is 2.27. The Morgan fingerprint density at radius 3 is 2.76 bits per heavy atom. The number of carboxylic acid groups (broad SMARTS) is 1. The first-order valence-electron chi connectivity index (χ1n) is 6.63. The Labute approximate surface area is 120 Å². The number of hydrogen-bond acceptors (Lipinski definition) is 4. The summed E-state index contributed by atoms with van der Waals surface area (Å²) in [6.45, 7) is 1.43. The molecule has 1 aliphatic rings. The molecule has 0 spiro atoms. The molecule has 1 saturated carbocycles. The zero-order chi connectivity index (χ0) is 15.0. The second kappa shape index (κ2) is 5.01. The van der Waals surface area contributed by atoms with Gasteiger partial charge in [-0.05, 0) is 31.0 Å². The maximum atomic E-state index is 11.2. The van der Waals surface area contributed by atoms with Gasteiger partial charge >= 0.3 is 5.97 Å². The molecule has 0 saturated heterocycles. The molecule has 1 heterocycles. The Balaban J connectivity index is 2.04. The highest BCUT2D eigenvalue weighted by Gasteiger charge is 2.34. The summed E-state index contributed by atoms with van der Waals surface area (Å²) < 4.78 is 1.55. The highest BCUT2D eigenvalue weighted by Crippen LogP contribution is 2.42. The van der Waals surface area contributed by atoms with Crippen molar-refractivity contribution in [3.05, 3.63) is 35.7 Å². The normalized spacial score (nSPS) is 14.0. The first-order valence-corrected chi connectivity index (χ1v) is 6.63. The lowest BCUT2D eigenvalue weighted by Gasteiger charge is -2.08. The Morgan fingerprint density at radius 1 is 1.38 bits per heavy atom. The average molecular weight is 286 g/mol. The number of hydrogen-bond donors (Lipinski definition) is 2. The summed E-state index contributed by atoms with van der Waals surface area (Å²) in [7, 11) is 0. The molecule has 7 heteroatoms. The lowest BCUT2D eigenvalue weighted by Crippen LogP contribution is -2.08. The Hall–Kier alpha value is -2.70. The van der Waals surface area contributed by atoms with Crippen LogP contribution in [0.5, 0.6) is 0 Å². The SMILES string of the molecule is CC(=O)Nc1cccc(-n2nnc(C(=O)O)c2C2CC2)c1. The van der Waals surface area contributed by atoms with Gasteiger partial charge in [-0.15, -0.1) is 5.10 Å². The van der Waals surface area contributed by atoms with E-state index in [9.17, 15) is 14.7 Å². The molecule has 1 amide bonds. The van der Waals surface area contributed by atoms with Gasteiger partial charge in [0, 0.05) is 18.5 Å². The summed E-state index contributed by atoms with van der Waals surface area (Å²) in [5.74, 6) is -1.05. The van der Waals surface area contributed by atoms with Crippen LogP contribution in [0.1, 0.15) is 41.9 Å². The van der Waals surface area contributed by atoms with Crippen LogP contribution in [-0.2, 0) is 4.79 Å². The average Bonchev–Trinajstić information content (AvgIpc) is 3.16. The lowest BCUT2D eigenvalue weighted by atomic mass is 10.2. The third-order valence-electron chi connectivity index (χ3n) is 3.28. The fourth-order valence-corrected chi connectivity index (χ4v) is 2.27. The smallest absolute Gasteiger partial charge is 0.358 e. The summed E-state index contributed by atoms with van der Waals surface area (Å²) in [6, 6.07) is 7.08. The minimum Gasteiger partial charge on any atom is -0.476 e. The standard InChI is InChI=1S/C14H14N4O3/c1-8(19)15-10-3-2-4-11(7-10)18-13(9-5-6-9)12(14(20)21)16-17-18/h2-4,7,9H,5-6H2,1H3,(H,15,19)(H,20,21). The van der Waals surface area contributed by atoms with Gasteiger partial charge in [0.1, 0.15) is 0 Å². The van der Waals surface area contributed by atoms with Crippen molar-refractivity contribution in [2.24, 2.45) is 0 Å². The largest absolute Gasteiger partial charge is 0.476 e. The van der Waals surface area contributed by atoms with Gasteiger partial charge in [-0.2, -0.15) is 0 Å². The van der Waals surface area contributed by atoms with Crippen molar-refractivity contribution >= 4 is 17.6 Å². The van der Waals surface area contributed by atoms with Gasteiger partial charge in [0.2, 0.25) is 5.91 Å². The van der Waals surface area contributed by atoms with Crippen molar-refractivity contribution in [1.29, 1.82) is 0 Å². The molecule has 1 fully saturated rings. The number of carbonyl (C=O) groups excluding carboxylic acids is 1. The second-order valence-electron chi connectivity index (χ2n) is 5.05. The van der Waals surface area contributed by atoms with Crippen LogP contribution in [0.4, 0.5) is 5.69 Å². The van der Waals surface area contributed by atoms with Crippen molar-refractivity contribution in [1.82, 2.24) is 15.0 Å². The van der Waals surface area contributed by atoms with E-state index in [4.69, 9.17) is 0 Å². The summed E-state index contributed by atoms with van der Waals surface area (Å²) in [5.41, 5.74) is 1.95. The molecule has 0 unspecified atom stereocenters. The predicted octanol–water partition coefficient (Wildman–Crippen LogP) is 1.80. The number of aromatic carboxylic acids is 1. The highest BCUT2D eigenvalue weighted by molar-refractivity contribution is 5.89. The van der Waals surface area contributed by atoms with E-state index in [0.29, 0.717) is 17.1 Å². The fraction of sp³-hybridized carbons (Fsp3) is 0.286. The first-order chi connectivity index (χ1) is 10.1. The van der Waals surface area contributed by atoms with Crippen molar-refractivity contribution in [3.8, 4) is 5.69 Å². The van der Waals surface area contributed by atoms with Gasteiger partial charge in [0.05, 0.1) is 11.4 Å². The van der Waals surface area contributed by atoms with E-state index < -0.39 is 5.97 Å². The van der Waals surface area contributed by atoms with E-state index in [1.165, 1.54) is 6.92 Å². The zero-order valence-electron chi connectivity index (χ0n) is 11.4. The molecule has 1 aromatic carbocycles. The zero-order valence-corrected chi connectivity index (χ0v) is 11.4. The van der Waals surface area contributed by atoms with Gasteiger partial charge < -0.3 is 10.4 Å². The van der Waals surface area contributed by atoms with Crippen molar-refractivity contribution in [2.75, 3.05) is 5.32 Å². The van der Waals surface area contributed by atoms with Crippen LogP contribution in [0.15, 0.2) is 24.3 Å². The molecule has 1 aromatic heterocycles. The number of rotatable bonds is 4. The molecule has 0 atom stereocenters. The third-order valence-corrected chi connectivity index (χ3v) is 3.28. The second-order valence-corrected chi connectivity index (χ2v) is 5.05. The minimum atomic E-state index is -1.07. The molecule has 2 N–H and O–H groups in total. The van der Waals surface area contributed by atoms with E-state index in [-0.39, 0.29) is 17.5 Å². The van der Waals surface area contributed by atoms with Gasteiger partial charge in [-0.3, -0.25) is 4.79 Å². The van der Waals surface area contributed by atoms with Crippen LogP contribution in [0.3, 0.4) is 0 Å². The number of amides is 1. The molecule has 7 nitrogen and oxygen atoms in total.